The van der Waals surface area contributed by atoms with Crippen LogP contribution < -0.4 is 5.32 Å². The van der Waals surface area contributed by atoms with Gasteiger partial charge in [-0.15, -0.1) is 10.2 Å². The van der Waals surface area contributed by atoms with Crippen LogP contribution in [0.1, 0.15) is 38.1 Å². The number of nitrogens with one attached hydrogen (secondary N) is 2. The van der Waals surface area contributed by atoms with Crippen LogP contribution in [0.2, 0.25) is 0 Å². The van der Waals surface area contributed by atoms with Crippen LogP contribution in [0.5, 0.6) is 0 Å². The minimum atomic E-state index is -0.352. The topological polar surface area (TPSA) is 101 Å². The summed E-state index contributed by atoms with van der Waals surface area (Å²) >= 11 is 3.38. The lowest BCUT2D eigenvalue weighted by Crippen LogP contribution is -2.33. The zero-order valence-corrected chi connectivity index (χ0v) is 15.9. The van der Waals surface area contributed by atoms with E-state index in [9.17, 15) is 9.59 Å². The first-order valence-corrected chi connectivity index (χ1v) is 8.99. The molecule has 1 aromatic heterocycles. The van der Waals surface area contributed by atoms with E-state index in [1.165, 1.54) is 0 Å². The second-order valence-electron chi connectivity index (χ2n) is 6.42. The Hall–Kier alpha value is -2.09. The van der Waals surface area contributed by atoms with Crippen LogP contribution in [0.15, 0.2) is 28.7 Å². The van der Waals surface area contributed by atoms with Gasteiger partial charge < -0.3 is 5.32 Å². The predicted octanol–water partition coefficient (Wildman–Crippen LogP) is 2.44. The molecule has 0 saturated carbocycles. The van der Waals surface area contributed by atoms with Gasteiger partial charge in [0.05, 0.1) is 6.54 Å². The standard InChI is InChI=1S/C17H22BrN5O2/c1-11(2)7-13(17(25)19-10-16-20-22-23-21-16)9-15(24)8-12-3-5-14(18)6-4-12/h3-6,11,13H,7-10H2,1-2H3,(H,19,25)(H,20,21,22,23)/t13-/m1/s1. The first-order chi connectivity index (χ1) is 11.9. The molecular formula is C17H22BrN5O2. The summed E-state index contributed by atoms with van der Waals surface area (Å²) in [6, 6.07) is 7.64. The van der Waals surface area contributed by atoms with Crippen molar-refractivity contribution in [3.8, 4) is 0 Å². The Morgan fingerprint density at radius 1 is 1.24 bits per heavy atom. The highest BCUT2D eigenvalue weighted by Crippen LogP contribution is 2.18. The fourth-order valence-corrected chi connectivity index (χ4v) is 2.86. The number of amides is 1. The molecule has 0 aliphatic rings. The van der Waals surface area contributed by atoms with Gasteiger partial charge in [0.2, 0.25) is 5.91 Å². The van der Waals surface area contributed by atoms with Gasteiger partial charge in [-0.05, 0) is 30.0 Å². The largest absolute Gasteiger partial charge is 0.348 e. The molecule has 0 radical (unpaired) electrons. The third-order valence-corrected chi connectivity index (χ3v) is 4.25. The van der Waals surface area contributed by atoms with Crippen molar-refractivity contribution in [2.45, 2.75) is 39.7 Å². The molecule has 8 heteroatoms. The van der Waals surface area contributed by atoms with Crippen LogP contribution in [-0.2, 0) is 22.6 Å². The van der Waals surface area contributed by atoms with Crippen molar-refractivity contribution in [2.24, 2.45) is 11.8 Å². The zero-order valence-electron chi connectivity index (χ0n) is 14.3. The predicted molar refractivity (Wildman–Crippen MR) is 96.4 cm³/mol. The highest BCUT2D eigenvalue weighted by atomic mass is 79.9. The summed E-state index contributed by atoms with van der Waals surface area (Å²) in [5, 5.41) is 16.2. The molecule has 1 atom stereocenters. The Morgan fingerprint density at radius 2 is 1.96 bits per heavy atom. The summed E-state index contributed by atoms with van der Waals surface area (Å²) < 4.78 is 0.974. The molecule has 1 amide bonds. The number of tetrazole rings is 1. The van der Waals surface area contributed by atoms with Gasteiger partial charge in [-0.3, -0.25) is 9.59 Å². The third kappa shape index (κ3) is 6.74. The van der Waals surface area contributed by atoms with Crippen molar-refractivity contribution < 1.29 is 9.59 Å². The van der Waals surface area contributed by atoms with Crippen LogP contribution in [0, 0.1) is 11.8 Å². The van der Waals surface area contributed by atoms with E-state index in [0.717, 1.165) is 10.0 Å². The van der Waals surface area contributed by atoms with Crippen molar-refractivity contribution in [3.63, 3.8) is 0 Å². The highest BCUT2D eigenvalue weighted by molar-refractivity contribution is 9.10. The van der Waals surface area contributed by atoms with Gasteiger partial charge in [-0.25, -0.2) is 0 Å². The summed E-state index contributed by atoms with van der Waals surface area (Å²) in [7, 11) is 0. The molecular weight excluding hydrogens is 386 g/mol. The number of H-pyrrole nitrogens is 1. The van der Waals surface area contributed by atoms with Crippen molar-refractivity contribution in [2.75, 3.05) is 0 Å². The monoisotopic (exact) mass is 407 g/mol. The van der Waals surface area contributed by atoms with Crippen molar-refractivity contribution >= 4 is 27.6 Å². The molecule has 25 heavy (non-hydrogen) atoms. The van der Waals surface area contributed by atoms with Crippen molar-refractivity contribution in [1.82, 2.24) is 25.9 Å². The quantitative estimate of drug-likeness (QED) is 0.664. The number of ketones is 1. The summed E-state index contributed by atoms with van der Waals surface area (Å²) in [5.74, 6) is 0.291. The number of benzene rings is 1. The number of halogens is 1. The van der Waals surface area contributed by atoms with Gasteiger partial charge in [0, 0.05) is 23.2 Å². The number of nitrogens with zero attached hydrogens (tertiary/aromatic N) is 3. The molecule has 0 aliphatic carbocycles. The fraction of sp³-hybridized carbons (Fsp3) is 0.471. The summed E-state index contributed by atoms with van der Waals surface area (Å²) in [5.41, 5.74) is 0.948. The maximum absolute atomic E-state index is 12.5. The lowest BCUT2D eigenvalue weighted by Gasteiger charge is -2.17. The number of carbonyl (C=O) groups excluding carboxylic acids is 2. The van der Waals surface area contributed by atoms with Gasteiger partial charge in [-0.2, -0.15) is 5.21 Å². The molecule has 0 saturated heterocycles. The summed E-state index contributed by atoms with van der Waals surface area (Å²) in [4.78, 5) is 24.8. The van der Waals surface area contributed by atoms with E-state index < -0.39 is 0 Å². The number of Topliss-reactive ketones (excluding diaryl/α,β-unsaturated/α-hetero) is 1. The minimum absolute atomic E-state index is 0.0580. The molecule has 2 aromatic rings. The number of aromatic amines is 1. The third-order valence-electron chi connectivity index (χ3n) is 3.73. The molecule has 0 fully saturated rings. The van der Waals surface area contributed by atoms with E-state index in [-0.39, 0.29) is 30.6 Å². The lowest BCUT2D eigenvalue weighted by molar-refractivity contribution is -0.130. The molecule has 0 bridgehead atoms. The summed E-state index contributed by atoms with van der Waals surface area (Å²) in [6.07, 6.45) is 1.22. The Morgan fingerprint density at radius 3 is 2.56 bits per heavy atom. The number of hydrogen-bond donors (Lipinski definition) is 2. The smallest absolute Gasteiger partial charge is 0.223 e. The van der Waals surface area contributed by atoms with E-state index in [0.29, 0.717) is 24.6 Å². The average molecular weight is 408 g/mol. The molecule has 134 valence electrons. The number of rotatable bonds is 9. The Kier molecular flexibility index (Phi) is 7.24. The molecule has 2 rings (SSSR count). The number of hydrogen-bond acceptors (Lipinski definition) is 5. The van der Waals surface area contributed by atoms with Gasteiger partial charge >= 0.3 is 0 Å². The minimum Gasteiger partial charge on any atom is -0.348 e. The van der Waals surface area contributed by atoms with Gasteiger partial charge in [0.1, 0.15) is 5.78 Å². The molecule has 0 aliphatic heterocycles. The van der Waals surface area contributed by atoms with Crippen LogP contribution in [0.3, 0.4) is 0 Å². The maximum atomic E-state index is 12.5. The highest BCUT2D eigenvalue weighted by Gasteiger charge is 2.23. The van der Waals surface area contributed by atoms with Gasteiger partial charge in [0.15, 0.2) is 5.82 Å². The first kappa shape index (κ1) is 19.2. The van der Waals surface area contributed by atoms with E-state index in [1.807, 2.05) is 38.1 Å². The van der Waals surface area contributed by atoms with Crippen LogP contribution in [0.4, 0.5) is 0 Å². The molecule has 1 aromatic carbocycles. The number of aromatic nitrogens is 4. The second kappa shape index (κ2) is 9.41. The Balaban J connectivity index is 1.92. The molecule has 0 spiro atoms. The average Bonchev–Trinajstić information content (AvgIpc) is 3.07. The van der Waals surface area contributed by atoms with Gasteiger partial charge in [-0.1, -0.05) is 47.1 Å². The molecule has 7 nitrogen and oxygen atoms in total. The Labute approximate surface area is 155 Å². The SMILES string of the molecule is CC(C)C[C@H](CC(=O)Cc1ccc(Br)cc1)C(=O)NCc1nn[nH]n1. The molecule has 1 heterocycles. The van der Waals surface area contributed by atoms with Crippen LogP contribution >= 0.6 is 15.9 Å². The van der Waals surface area contributed by atoms with Crippen molar-refractivity contribution in [3.05, 3.63) is 40.1 Å². The summed E-state index contributed by atoms with van der Waals surface area (Å²) in [6.45, 7) is 4.28. The van der Waals surface area contributed by atoms with Gasteiger partial charge in [0.25, 0.3) is 0 Å². The van der Waals surface area contributed by atoms with E-state index in [1.54, 1.807) is 0 Å². The normalized spacial score (nSPS) is 12.2. The van der Waals surface area contributed by atoms with Crippen LogP contribution in [0.25, 0.3) is 0 Å². The number of carbonyl (C=O) groups is 2. The molecule has 0 unspecified atom stereocenters. The Bertz CT molecular complexity index is 686. The van der Waals surface area contributed by atoms with E-state index in [2.05, 4.69) is 41.9 Å². The van der Waals surface area contributed by atoms with Crippen LogP contribution in [-0.4, -0.2) is 32.3 Å². The maximum Gasteiger partial charge on any atom is 0.223 e. The van der Waals surface area contributed by atoms with E-state index in [4.69, 9.17) is 0 Å². The first-order valence-electron chi connectivity index (χ1n) is 8.20. The van der Waals surface area contributed by atoms with Crippen molar-refractivity contribution in [1.29, 1.82) is 0 Å². The fourth-order valence-electron chi connectivity index (χ4n) is 2.60. The lowest BCUT2D eigenvalue weighted by atomic mass is 9.90. The second-order valence-corrected chi connectivity index (χ2v) is 7.33. The zero-order chi connectivity index (χ0) is 18.2. The molecule has 2 N–H and O–H groups in total. The van der Waals surface area contributed by atoms with E-state index >= 15 is 0 Å².